The van der Waals surface area contributed by atoms with Crippen molar-refractivity contribution in [3.8, 4) is 45.8 Å². The van der Waals surface area contributed by atoms with E-state index in [9.17, 15) is 65.4 Å². The summed E-state index contributed by atoms with van der Waals surface area (Å²) in [6.07, 6.45) is -16.0. The van der Waals surface area contributed by atoms with E-state index < -0.39 is 96.9 Å². The number of aliphatic hydroxyl groups excluding tert-OH is 6. The van der Waals surface area contributed by atoms with E-state index in [1.807, 2.05) is 0 Å². The van der Waals surface area contributed by atoms with Crippen molar-refractivity contribution in [2.45, 2.75) is 61.4 Å². The molecule has 4 aromatic rings. The molecule has 2 aliphatic heterocycles. The fourth-order valence-electron chi connectivity index (χ4n) is 6.06. The smallest absolute Gasteiger partial charge is 0.335 e. The van der Waals surface area contributed by atoms with Crippen molar-refractivity contribution >= 4 is 29.0 Å². The molecule has 0 bridgehead atoms. The first-order valence-corrected chi connectivity index (χ1v) is 16.9. The number of carboxylic acid groups (broad SMARTS) is 1. The normalized spacial score (nSPS) is 27.6. The zero-order valence-corrected chi connectivity index (χ0v) is 29.4. The molecule has 2 fully saturated rings. The van der Waals surface area contributed by atoms with E-state index in [4.69, 9.17) is 32.8 Å². The predicted octanol–water partition coefficient (Wildman–Crippen LogP) is -0.701. The SMILES string of the molecule is COc1cc(C=CC(=O)O[C@@H]2[C@H](O)[C@H](O)[C@@H](Oc3cc(-c4cc(=O)c5c(O)cc(O[C@H]6O[C@@H](C(=O)O)[C@H](O)[C@@H](O)[C@H]6O)cc5o4)ccc3O)O[C@@H]2CO)ccc1O. The van der Waals surface area contributed by atoms with Crippen molar-refractivity contribution in [3.05, 3.63) is 76.5 Å². The Hall–Kier alpha value is -5.97. The molecule has 0 spiro atoms. The van der Waals surface area contributed by atoms with Crippen LogP contribution in [0.4, 0.5) is 0 Å². The first-order valence-electron chi connectivity index (χ1n) is 16.9. The second-order valence-electron chi connectivity index (χ2n) is 12.8. The largest absolute Gasteiger partial charge is 0.507 e. The summed E-state index contributed by atoms with van der Waals surface area (Å²) in [6, 6.07) is 10.9. The lowest BCUT2D eigenvalue weighted by molar-refractivity contribution is -0.280. The van der Waals surface area contributed by atoms with Gasteiger partial charge in [0.2, 0.25) is 12.6 Å². The van der Waals surface area contributed by atoms with E-state index in [1.54, 1.807) is 0 Å². The minimum Gasteiger partial charge on any atom is -0.507 e. The molecule has 3 aromatic carbocycles. The third-order valence-corrected chi connectivity index (χ3v) is 9.02. The van der Waals surface area contributed by atoms with E-state index >= 15 is 0 Å². The van der Waals surface area contributed by atoms with Crippen LogP contribution >= 0.6 is 0 Å². The lowest BCUT2D eigenvalue weighted by atomic mass is 9.99. The number of phenolic OH excluding ortho intramolecular Hbond substituents is 3. The van der Waals surface area contributed by atoms with Gasteiger partial charge in [0, 0.05) is 29.8 Å². The van der Waals surface area contributed by atoms with Crippen LogP contribution in [0.3, 0.4) is 0 Å². The number of aromatic hydroxyl groups is 3. The minimum atomic E-state index is -1.99. The van der Waals surface area contributed by atoms with Gasteiger partial charge in [-0.25, -0.2) is 9.59 Å². The summed E-state index contributed by atoms with van der Waals surface area (Å²) in [4.78, 5) is 37.2. The first kappa shape index (κ1) is 40.7. The van der Waals surface area contributed by atoms with E-state index in [2.05, 4.69) is 0 Å². The zero-order chi connectivity index (χ0) is 41.3. The molecule has 10 atom stereocenters. The van der Waals surface area contributed by atoms with Crippen LogP contribution in [0, 0.1) is 0 Å². The number of esters is 1. The molecule has 3 heterocycles. The molecule has 0 aliphatic carbocycles. The number of carbonyl (C=O) groups excluding carboxylic acids is 1. The van der Waals surface area contributed by atoms with Gasteiger partial charge in [-0.1, -0.05) is 6.07 Å². The summed E-state index contributed by atoms with van der Waals surface area (Å²) in [6.45, 7) is -0.818. The number of benzene rings is 3. The van der Waals surface area contributed by atoms with Crippen LogP contribution in [0.5, 0.6) is 34.5 Å². The third kappa shape index (κ3) is 8.43. The maximum absolute atomic E-state index is 13.1. The number of hydrogen-bond acceptors (Lipinski definition) is 19. The maximum atomic E-state index is 13.1. The van der Waals surface area contributed by atoms with Gasteiger partial charge in [-0.3, -0.25) is 4.79 Å². The number of carbonyl (C=O) groups is 2. The second kappa shape index (κ2) is 16.6. The van der Waals surface area contributed by atoms with Gasteiger partial charge in [-0.2, -0.15) is 0 Å². The molecule has 2 saturated heterocycles. The Bertz CT molecular complexity index is 2220. The number of ether oxygens (including phenoxy) is 6. The summed E-state index contributed by atoms with van der Waals surface area (Å²) < 4.78 is 38.0. The molecule has 0 radical (unpaired) electrons. The molecule has 20 nitrogen and oxygen atoms in total. The van der Waals surface area contributed by atoms with Gasteiger partial charge in [-0.05, 0) is 42.0 Å². The van der Waals surface area contributed by atoms with E-state index in [1.165, 1.54) is 37.5 Å². The van der Waals surface area contributed by atoms with Crippen molar-refractivity contribution in [3.63, 3.8) is 0 Å². The molecule has 304 valence electrons. The second-order valence-corrected chi connectivity index (χ2v) is 12.8. The monoisotopic (exact) mass is 800 g/mol. The average molecular weight is 801 g/mol. The highest BCUT2D eigenvalue weighted by atomic mass is 16.7. The molecule has 1 aromatic heterocycles. The molecule has 6 rings (SSSR count). The van der Waals surface area contributed by atoms with Crippen LogP contribution < -0.4 is 19.6 Å². The van der Waals surface area contributed by atoms with Crippen molar-refractivity contribution in [1.82, 2.24) is 0 Å². The number of carboxylic acids is 1. The molecule has 20 heteroatoms. The molecule has 2 aliphatic rings. The maximum Gasteiger partial charge on any atom is 0.335 e. The molecule has 0 unspecified atom stereocenters. The standard InChI is InChI=1S/C37H36O20/c1-51-22-8-14(2-5-17(22)39)3-7-26(43)56-33-25(13-38)55-37(32(48)30(33)46)54-23-9-15(4-6-18(23)40)21-12-20(42)27-19(41)10-16(11-24(27)53-21)52-36-31(47)28(44)29(45)34(57-36)35(49)50/h2-12,25,28-34,36-41,44-48H,13H2,1H3,(H,49,50)/t25-,28-,29-,30-,31-,32+,33+,34-,36+,37+/m1/s1. The molecule has 0 amide bonds. The van der Waals surface area contributed by atoms with Gasteiger partial charge in [0.1, 0.15) is 64.9 Å². The van der Waals surface area contributed by atoms with Gasteiger partial charge >= 0.3 is 11.9 Å². The van der Waals surface area contributed by atoms with Crippen molar-refractivity contribution < 1.29 is 93.5 Å². The highest BCUT2D eigenvalue weighted by Gasteiger charge is 2.49. The Labute approximate surface area is 319 Å². The quantitative estimate of drug-likeness (QED) is 0.0662. The number of fused-ring (bicyclic) bond motifs is 1. The minimum absolute atomic E-state index is 0.0782. The van der Waals surface area contributed by atoms with Gasteiger partial charge in [-0.15, -0.1) is 0 Å². The van der Waals surface area contributed by atoms with Gasteiger partial charge in [0.05, 0.1) is 13.7 Å². The first-order chi connectivity index (χ1) is 27.1. The third-order valence-electron chi connectivity index (χ3n) is 9.02. The average Bonchev–Trinajstić information content (AvgIpc) is 3.17. The fraction of sp³-hybridized carbons (Fsp3) is 0.324. The molecule has 0 saturated carbocycles. The van der Waals surface area contributed by atoms with E-state index in [0.717, 1.165) is 36.4 Å². The van der Waals surface area contributed by atoms with Crippen LogP contribution in [-0.2, 0) is 23.8 Å². The van der Waals surface area contributed by atoms with Crippen LogP contribution in [0.2, 0.25) is 0 Å². The van der Waals surface area contributed by atoms with Gasteiger partial charge < -0.3 is 83.9 Å². The highest BCUT2D eigenvalue weighted by molar-refractivity contribution is 5.87. The Morgan fingerprint density at radius 1 is 0.772 bits per heavy atom. The summed E-state index contributed by atoms with van der Waals surface area (Å²) in [5, 5.41) is 102. The highest BCUT2D eigenvalue weighted by Crippen LogP contribution is 2.37. The summed E-state index contributed by atoms with van der Waals surface area (Å²) in [5.74, 6) is -4.65. The van der Waals surface area contributed by atoms with Crippen molar-refractivity contribution in [1.29, 1.82) is 0 Å². The summed E-state index contributed by atoms with van der Waals surface area (Å²) >= 11 is 0. The number of phenols is 3. The number of aliphatic carboxylic acids is 1. The van der Waals surface area contributed by atoms with E-state index in [-0.39, 0.29) is 45.3 Å². The van der Waals surface area contributed by atoms with Crippen LogP contribution in [0.1, 0.15) is 5.56 Å². The number of rotatable bonds is 11. The number of methoxy groups -OCH3 is 1. The Morgan fingerprint density at radius 2 is 1.46 bits per heavy atom. The van der Waals surface area contributed by atoms with E-state index in [0.29, 0.717) is 5.56 Å². The topological polar surface area (TPSA) is 322 Å². The molecular formula is C37H36O20. The lowest BCUT2D eigenvalue weighted by Gasteiger charge is -2.41. The lowest BCUT2D eigenvalue weighted by Crippen LogP contribution is -2.61. The molecule has 10 N–H and O–H groups in total. The fourth-order valence-corrected chi connectivity index (χ4v) is 6.06. The molecule has 57 heavy (non-hydrogen) atoms. The van der Waals surface area contributed by atoms with Gasteiger partial charge in [0.25, 0.3) is 0 Å². The Morgan fingerprint density at radius 3 is 2.16 bits per heavy atom. The zero-order valence-electron chi connectivity index (χ0n) is 29.4. The van der Waals surface area contributed by atoms with Crippen molar-refractivity contribution in [2.24, 2.45) is 0 Å². The van der Waals surface area contributed by atoms with Crippen molar-refractivity contribution in [2.75, 3.05) is 13.7 Å². The number of aliphatic hydroxyl groups is 6. The number of hydrogen-bond donors (Lipinski definition) is 10. The van der Waals surface area contributed by atoms with Gasteiger partial charge in [0.15, 0.2) is 40.6 Å². The Kier molecular flexibility index (Phi) is 11.9. The summed E-state index contributed by atoms with van der Waals surface area (Å²) in [7, 11) is 1.34. The Balaban J connectivity index is 1.19. The van der Waals surface area contributed by atoms with Crippen LogP contribution in [-0.4, -0.2) is 138 Å². The van der Waals surface area contributed by atoms with Crippen LogP contribution in [0.15, 0.2) is 69.9 Å². The predicted molar refractivity (Wildman–Crippen MR) is 188 cm³/mol. The van der Waals surface area contributed by atoms with Crippen LogP contribution in [0.25, 0.3) is 28.4 Å². The summed E-state index contributed by atoms with van der Waals surface area (Å²) in [5.41, 5.74) is -0.526. The molecular weight excluding hydrogens is 764 g/mol.